The fraction of sp³-hybridized carbons (Fsp3) is 0.0385. The van der Waals surface area contributed by atoms with Crippen molar-refractivity contribution in [1.82, 2.24) is 4.57 Å². The molecule has 1 aliphatic carbocycles. The normalized spacial score (nSPS) is 12.5. The van der Waals surface area contributed by atoms with E-state index >= 15 is 0 Å². The maximum atomic E-state index is 6.40. The molecular weight excluding hydrogens is 669 g/mol. The van der Waals surface area contributed by atoms with Gasteiger partial charge in [0.15, 0.2) is 0 Å². The minimum absolute atomic E-state index is 0.912. The van der Waals surface area contributed by atoms with Gasteiger partial charge in [0.25, 0.3) is 0 Å². The van der Waals surface area contributed by atoms with E-state index < -0.39 is 0 Å². The zero-order chi connectivity index (χ0) is 36.3. The van der Waals surface area contributed by atoms with E-state index in [9.17, 15) is 0 Å². The van der Waals surface area contributed by atoms with Crippen LogP contribution in [0.5, 0.6) is 0 Å². The van der Waals surface area contributed by atoms with Crippen LogP contribution < -0.4 is 4.90 Å². The van der Waals surface area contributed by atoms with E-state index in [4.69, 9.17) is 4.42 Å². The van der Waals surface area contributed by atoms with E-state index in [1.165, 1.54) is 49.7 Å². The number of furan rings is 1. The lowest BCUT2D eigenvalue weighted by atomic mass is 9.97. The minimum Gasteiger partial charge on any atom is -0.455 e. The van der Waals surface area contributed by atoms with Crippen molar-refractivity contribution in [2.45, 2.75) is 12.8 Å². The van der Waals surface area contributed by atoms with Crippen LogP contribution >= 0.6 is 0 Å². The van der Waals surface area contributed by atoms with E-state index in [0.29, 0.717) is 0 Å². The van der Waals surface area contributed by atoms with Gasteiger partial charge < -0.3 is 13.9 Å². The first kappa shape index (κ1) is 31.4. The highest BCUT2D eigenvalue weighted by molar-refractivity contribution is 6.09. The number of benzene rings is 8. The van der Waals surface area contributed by atoms with Crippen molar-refractivity contribution in [2.24, 2.45) is 0 Å². The molecular formula is C52H36N2O. The molecule has 0 N–H and O–H groups in total. The van der Waals surface area contributed by atoms with Gasteiger partial charge in [0.1, 0.15) is 11.2 Å². The summed E-state index contributed by atoms with van der Waals surface area (Å²) in [7, 11) is 0. The Kier molecular flexibility index (Phi) is 7.31. The molecule has 3 nitrogen and oxygen atoms in total. The Labute approximate surface area is 319 Å². The number of fused-ring (bicyclic) bond motifs is 7. The van der Waals surface area contributed by atoms with Gasteiger partial charge in [-0.2, -0.15) is 0 Å². The molecule has 0 amide bonds. The van der Waals surface area contributed by atoms with Gasteiger partial charge in [0.05, 0.1) is 5.52 Å². The molecule has 0 aliphatic heterocycles. The second-order valence-corrected chi connectivity index (χ2v) is 14.4. The van der Waals surface area contributed by atoms with Crippen LogP contribution in [0.25, 0.3) is 77.6 Å². The van der Waals surface area contributed by atoms with E-state index in [1.807, 2.05) is 12.1 Å². The molecule has 260 valence electrons. The van der Waals surface area contributed by atoms with Crippen LogP contribution in [0.3, 0.4) is 0 Å². The smallest absolute Gasteiger partial charge is 0.143 e. The van der Waals surface area contributed by atoms with E-state index in [2.05, 4.69) is 191 Å². The number of anilines is 3. The summed E-state index contributed by atoms with van der Waals surface area (Å²) in [6.45, 7) is 0. The second-order valence-electron chi connectivity index (χ2n) is 14.4. The molecule has 3 heteroatoms. The predicted molar refractivity (Wildman–Crippen MR) is 231 cm³/mol. The number of rotatable bonds is 6. The van der Waals surface area contributed by atoms with Crippen molar-refractivity contribution in [2.75, 3.05) is 4.90 Å². The Morgan fingerprint density at radius 3 is 2.02 bits per heavy atom. The average molecular weight is 705 g/mol. The summed E-state index contributed by atoms with van der Waals surface area (Å²) in [5.41, 5.74) is 15.0. The zero-order valence-corrected chi connectivity index (χ0v) is 30.2. The largest absolute Gasteiger partial charge is 0.455 e. The van der Waals surface area contributed by atoms with Gasteiger partial charge in [-0.05, 0) is 119 Å². The molecule has 2 aromatic heterocycles. The molecule has 0 unspecified atom stereocenters. The third-order valence-electron chi connectivity index (χ3n) is 11.3. The highest BCUT2D eigenvalue weighted by Gasteiger charge is 2.20. The summed E-state index contributed by atoms with van der Waals surface area (Å²) in [6, 6.07) is 65.6. The summed E-state index contributed by atoms with van der Waals surface area (Å²) in [5, 5.41) is 6.05. The Morgan fingerprint density at radius 1 is 0.491 bits per heavy atom. The standard InChI is InChI=1S/C52H36N2O/c1-2-13-40(14-3-1)54-49-19-8-6-15-45(49)48-34-39(26-32-50(48)54)36-21-27-41(28-22-36)53(43-31-23-35-11-4-5-12-38(35)33-43)42-29-24-37(25-30-42)44-17-10-18-47-46-16-7-9-20-51(46)55-52(44)47/h1-5,7-14,16-34H,6,15H2. The van der Waals surface area contributed by atoms with Gasteiger partial charge in [-0.25, -0.2) is 0 Å². The molecule has 0 spiro atoms. The number of aromatic nitrogens is 1. The van der Waals surface area contributed by atoms with Crippen molar-refractivity contribution in [3.05, 3.63) is 199 Å². The number of para-hydroxylation sites is 3. The van der Waals surface area contributed by atoms with E-state index in [0.717, 1.165) is 63.0 Å². The SMILES string of the molecule is C1=Cc2c(c3cc(-c4ccc(N(c5ccc(-c6cccc7c6oc6ccccc67)cc5)c5ccc6ccccc6c5)cc4)ccc3n2-c2ccccc2)CC1. The predicted octanol–water partition coefficient (Wildman–Crippen LogP) is 14.4. The van der Waals surface area contributed by atoms with Gasteiger partial charge >= 0.3 is 0 Å². The third-order valence-corrected chi connectivity index (χ3v) is 11.3. The van der Waals surface area contributed by atoms with Crippen LogP contribution in [0.4, 0.5) is 17.1 Å². The molecule has 0 bridgehead atoms. The molecule has 10 aromatic rings. The zero-order valence-electron chi connectivity index (χ0n) is 30.2. The van der Waals surface area contributed by atoms with Gasteiger partial charge in [0.2, 0.25) is 0 Å². The van der Waals surface area contributed by atoms with Crippen LogP contribution in [-0.4, -0.2) is 4.57 Å². The molecule has 0 saturated heterocycles. The summed E-state index contributed by atoms with van der Waals surface area (Å²) in [4.78, 5) is 2.35. The number of aryl methyl sites for hydroxylation is 1. The first-order chi connectivity index (χ1) is 27.3. The lowest BCUT2D eigenvalue weighted by Crippen LogP contribution is -2.09. The Morgan fingerprint density at radius 2 is 1.18 bits per heavy atom. The summed E-state index contributed by atoms with van der Waals surface area (Å²) >= 11 is 0. The van der Waals surface area contributed by atoms with Crippen molar-refractivity contribution < 1.29 is 4.42 Å². The molecule has 0 radical (unpaired) electrons. The summed E-state index contributed by atoms with van der Waals surface area (Å²) in [5.74, 6) is 0. The number of hydrogen-bond acceptors (Lipinski definition) is 2. The molecule has 0 fully saturated rings. The van der Waals surface area contributed by atoms with Crippen molar-refractivity contribution in [3.63, 3.8) is 0 Å². The van der Waals surface area contributed by atoms with Crippen molar-refractivity contribution >= 4 is 66.8 Å². The Balaban J connectivity index is 0.989. The summed E-state index contributed by atoms with van der Waals surface area (Å²) < 4.78 is 8.81. The highest BCUT2D eigenvalue weighted by atomic mass is 16.3. The van der Waals surface area contributed by atoms with Crippen LogP contribution in [0, 0.1) is 0 Å². The lowest BCUT2D eigenvalue weighted by molar-refractivity contribution is 0.670. The Hall–Kier alpha value is -7.10. The van der Waals surface area contributed by atoms with Gasteiger partial charge in [-0.1, -0.05) is 121 Å². The molecule has 0 atom stereocenters. The molecule has 2 heterocycles. The van der Waals surface area contributed by atoms with E-state index in [1.54, 1.807) is 0 Å². The fourth-order valence-corrected chi connectivity index (χ4v) is 8.60. The average Bonchev–Trinajstić information content (AvgIpc) is 3.80. The van der Waals surface area contributed by atoms with Crippen LogP contribution in [0.15, 0.2) is 192 Å². The molecule has 8 aromatic carbocycles. The number of allylic oxidation sites excluding steroid dienone is 1. The van der Waals surface area contributed by atoms with Crippen LogP contribution in [-0.2, 0) is 6.42 Å². The van der Waals surface area contributed by atoms with Crippen molar-refractivity contribution in [3.8, 4) is 27.9 Å². The minimum atomic E-state index is 0.912. The Bertz CT molecular complexity index is 3070. The van der Waals surface area contributed by atoms with Gasteiger partial charge in [-0.3, -0.25) is 0 Å². The fourth-order valence-electron chi connectivity index (χ4n) is 8.60. The maximum absolute atomic E-state index is 6.40. The first-order valence-electron chi connectivity index (χ1n) is 19.1. The molecule has 11 rings (SSSR count). The summed E-state index contributed by atoms with van der Waals surface area (Å²) in [6.07, 6.45) is 6.72. The molecule has 55 heavy (non-hydrogen) atoms. The van der Waals surface area contributed by atoms with Gasteiger partial charge in [-0.15, -0.1) is 0 Å². The lowest BCUT2D eigenvalue weighted by Gasteiger charge is -2.26. The maximum Gasteiger partial charge on any atom is 0.143 e. The van der Waals surface area contributed by atoms with Crippen LogP contribution in [0.2, 0.25) is 0 Å². The second kappa shape index (κ2) is 12.8. The highest BCUT2D eigenvalue weighted by Crippen LogP contribution is 2.41. The van der Waals surface area contributed by atoms with E-state index in [-0.39, 0.29) is 0 Å². The monoisotopic (exact) mass is 704 g/mol. The van der Waals surface area contributed by atoms with Crippen molar-refractivity contribution in [1.29, 1.82) is 0 Å². The van der Waals surface area contributed by atoms with Gasteiger partial charge in [0, 0.05) is 50.2 Å². The quantitative estimate of drug-likeness (QED) is 0.172. The first-order valence-corrected chi connectivity index (χ1v) is 19.1. The molecule has 0 saturated carbocycles. The molecule has 1 aliphatic rings. The van der Waals surface area contributed by atoms with Crippen LogP contribution in [0.1, 0.15) is 17.7 Å². The number of nitrogens with zero attached hydrogens (tertiary/aromatic N) is 2. The third kappa shape index (κ3) is 5.27. The topological polar surface area (TPSA) is 21.3 Å². The number of hydrogen-bond donors (Lipinski definition) is 0.